The third-order valence-corrected chi connectivity index (χ3v) is 4.36. The highest BCUT2D eigenvalue weighted by Gasteiger charge is 2.23. The van der Waals surface area contributed by atoms with E-state index in [-0.39, 0.29) is 11.6 Å². The molecule has 0 aliphatic rings. The third kappa shape index (κ3) is 4.94. The fraction of sp³-hybridized carbons (Fsp3) is 0.136. The Kier molecular flexibility index (Phi) is 6.20. The van der Waals surface area contributed by atoms with Crippen molar-refractivity contribution in [1.82, 2.24) is 0 Å². The third-order valence-electron chi connectivity index (χ3n) is 4.36. The Labute approximate surface area is 158 Å². The maximum absolute atomic E-state index is 12.9. The lowest BCUT2D eigenvalue weighted by Gasteiger charge is -2.26. The summed E-state index contributed by atoms with van der Waals surface area (Å²) in [6.07, 6.45) is 1.53. The number of hydrogen-bond donors (Lipinski definition) is 1. The van der Waals surface area contributed by atoms with Crippen LogP contribution >= 0.6 is 0 Å². The van der Waals surface area contributed by atoms with E-state index in [1.807, 2.05) is 60.7 Å². The molecular formula is C22H22N2O3. The minimum atomic E-state index is -0.596. The molecule has 0 bridgehead atoms. The molecule has 0 saturated carbocycles. The van der Waals surface area contributed by atoms with Crippen molar-refractivity contribution in [2.75, 3.05) is 13.7 Å². The summed E-state index contributed by atoms with van der Waals surface area (Å²) in [5.74, 6) is 0.689. The molecule has 3 aromatic rings. The monoisotopic (exact) mass is 362 g/mol. The van der Waals surface area contributed by atoms with Gasteiger partial charge in [-0.3, -0.25) is 0 Å². The predicted octanol–water partition coefficient (Wildman–Crippen LogP) is 3.08. The summed E-state index contributed by atoms with van der Waals surface area (Å²) in [5.41, 5.74) is 2.16. The van der Waals surface area contributed by atoms with E-state index in [9.17, 15) is 10.4 Å². The molecule has 27 heavy (non-hydrogen) atoms. The van der Waals surface area contributed by atoms with Crippen molar-refractivity contribution < 1.29 is 14.5 Å². The SMILES string of the molecule is COc1ccc([NH+]([O-])CC(c2ccccc2)/[N+]([O-])=C/c2ccccc2)cc1. The molecule has 0 saturated heterocycles. The van der Waals surface area contributed by atoms with Gasteiger partial charge < -0.3 is 20.2 Å². The second-order valence-corrected chi connectivity index (χ2v) is 6.18. The van der Waals surface area contributed by atoms with E-state index >= 15 is 0 Å². The van der Waals surface area contributed by atoms with Gasteiger partial charge >= 0.3 is 0 Å². The summed E-state index contributed by atoms with van der Waals surface area (Å²) in [4.78, 5) is 0. The van der Waals surface area contributed by atoms with Crippen molar-refractivity contribution >= 4 is 11.9 Å². The first-order chi connectivity index (χ1) is 13.2. The van der Waals surface area contributed by atoms with Crippen LogP contribution in [0.4, 0.5) is 5.69 Å². The van der Waals surface area contributed by atoms with Crippen LogP contribution in [0.1, 0.15) is 17.2 Å². The molecule has 3 rings (SSSR count). The maximum Gasteiger partial charge on any atom is 0.237 e. The van der Waals surface area contributed by atoms with Gasteiger partial charge in [-0.15, -0.1) is 0 Å². The van der Waals surface area contributed by atoms with Crippen LogP contribution in [-0.4, -0.2) is 24.6 Å². The minimum Gasteiger partial charge on any atom is -0.629 e. The van der Waals surface area contributed by atoms with Crippen LogP contribution in [0.3, 0.4) is 0 Å². The van der Waals surface area contributed by atoms with Crippen LogP contribution in [-0.2, 0) is 0 Å². The molecule has 0 aliphatic heterocycles. The molecule has 2 atom stereocenters. The topological polar surface area (TPSA) is 62.8 Å². The van der Waals surface area contributed by atoms with Crippen LogP contribution in [0, 0.1) is 10.4 Å². The van der Waals surface area contributed by atoms with Crippen LogP contribution in [0.15, 0.2) is 84.9 Å². The van der Waals surface area contributed by atoms with E-state index in [0.717, 1.165) is 15.9 Å². The largest absolute Gasteiger partial charge is 0.629 e. The van der Waals surface area contributed by atoms with Crippen molar-refractivity contribution in [2.24, 2.45) is 0 Å². The predicted molar refractivity (Wildman–Crippen MR) is 106 cm³/mol. The Bertz CT molecular complexity index is 865. The normalized spacial score (nSPS) is 13.8. The molecule has 0 radical (unpaired) electrons. The van der Waals surface area contributed by atoms with Crippen LogP contribution in [0.5, 0.6) is 5.75 Å². The Hall–Kier alpha value is -3.15. The van der Waals surface area contributed by atoms with Crippen molar-refractivity contribution in [3.63, 3.8) is 0 Å². The highest BCUT2D eigenvalue weighted by atomic mass is 16.5. The molecule has 5 nitrogen and oxygen atoms in total. The van der Waals surface area contributed by atoms with Crippen molar-refractivity contribution in [3.05, 3.63) is 106 Å². The van der Waals surface area contributed by atoms with Gasteiger partial charge in [-0.05, 0) is 24.3 Å². The molecule has 0 heterocycles. The quantitative estimate of drug-likeness (QED) is 0.304. The molecule has 0 amide bonds. The van der Waals surface area contributed by atoms with Gasteiger partial charge in [0.05, 0.1) is 7.11 Å². The van der Waals surface area contributed by atoms with Gasteiger partial charge in [0.15, 0.2) is 6.21 Å². The van der Waals surface area contributed by atoms with Crippen molar-refractivity contribution in [3.8, 4) is 5.75 Å². The van der Waals surface area contributed by atoms with Crippen molar-refractivity contribution in [1.29, 1.82) is 0 Å². The van der Waals surface area contributed by atoms with Gasteiger partial charge in [-0.2, -0.15) is 4.74 Å². The first-order valence-electron chi connectivity index (χ1n) is 8.75. The number of ether oxygens (including phenoxy) is 1. The zero-order valence-corrected chi connectivity index (χ0v) is 15.1. The lowest BCUT2D eigenvalue weighted by atomic mass is 10.1. The van der Waals surface area contributed by atoms with Crippen LogP contribution in [0.2, 0.25) is 0 Å². The molecule has 3 aromatic carbocycles. The fourth-order valence-corrected chi connectivity index (χ4v) is 2.88. The first kappa shape index (κ1) is 18.6. The molecule has 1 N–H and O–H groups in total. The van der Waals surface area contributed by atoms with E-state index in [2.05, 4.69) is 0 Å². The number of benzene rings is 3. The average Bonchev–Trinajstić information content (AvgIpc) is 2.73. The number of rotatable bonds is 7. The lowest BCUT2D eigenvalue weighted by molar-refractivity contribution is -0.796. The molecule has 2 unspecified atom stereocenters. The van der Waals surface area contributed by atoms with Gasteiger partial charge in [0.2, 0.25) is 6.04 Å². The number of nitrogens with zero attached hydrogens (tertiary/aromatic N) is 1. The van der Waals surface area contributed by atoms with Gasteiger partial charge in [0.25, 0.3) is 0 Å². The van der Waals surface area contributed by atoms with Crippen LogP contribution in [0.25, 0.3) is 0 Å². The summed E-state index contributed by atoms with van der Waals surface area (Å²) >= 11 is 0. The van der Waals surface area contributed by atoms with E-state index in [0.29, 0.717) is 11.4 Å². The van der Waals surface area contributed by atoms with Gasteiger partial charge in [-0.1, -0.05) is 48.5 Å². The zero-order chi connectivity index (χ0) is 19.1. The van der Waals surface area contributed by atoms with Gasteiger partial charge in [0, 0.05) is 23.3 Å². The Morgan fingerprint density at radius 2 is 1.52 bits per heavy atom. The maximum atomic E-state index is 12.9. The number of methoxy groups -OCH3 is 1. The van der Waals surface area contributed by atoms with E-state index in [1.165, 1.54) is 6.21 Å². The molecule has 5 heteroatoms. The highest BCUT2D eigenvalue weighted by Crippen LogP contribution is 2.17. The van der Waals surface area contributed by atoms with Gasteiger partial charge in [-0.25, -0.2) is 0 Å². The minimum absolute atomic E-state index is 0.0865. The molecule has 0 aliphatic carbocycles. The number of nitrogens with one attached hydrogen (secondary N) is 1. The molecule has 0 aromatic heterocycles. The number of quaternary nitrogens is 1. The zero-order valence-electron chi connectivity index (χ0n) is 15.1. The fourth-order valence-electron chi connectivity index (χ4n) is 2.88. The summed E-state index contributed by atoms with van der Waals surface area (Å²) in [5, 5.41) is 25.5. The second kappa shape index (κ2) is 8.98. The smallest absolute Gasteiger partial charge is 0.237 e. The Morgan fingerprint density at radius 1 is 0.926 bits per heavy atom. The Morgan fingerprint density at radius 3 is 2.11 bits per heavy atom. The summed E-state index contributed by atoms with van der Waals surface area (Å²) in [6, 6.07) is 25.1. The second-order valence-electron chi connectivity index (χ2n) is 6.18. The number of hydroxylamine groups is 2. The molecule has 0 spiro atoms. The Balaban J connectivity index is 1.87. The van der Waals surface area contributed by atoms with Crippen molar-refractivity contribution in [2.45, 2.75) is 6.04 Å². The first-order valence-corrected chi connectivity index (χ1v) is 8.75. The van der Waals surface area contributed by atoms with E-state index < -0.39 is 6.04 Å². The molecular weight excluding hydrogens is 340 g/mol. The standard InChI is InChI=1S/C22H22N2O3/c1-27-21-14-12-20(13-15-21)23(25)17-22(19-10-6-3-7-11-19)24(26)16-18-8-4-2-5-9-18/h2-16,22-23H,17H2,1H3/b24-16-. The van der Waals surface area contributed by atoms with E-state index in [1.54, 1.807) is 31.4 Å². The summed E-state index contributed by atoms with van der Waals surface area (Å²) in [7, 11) is 1.58. The number of hydrogen-bond acceptors (Lipinski definition) is 3. The molecule has 0 fully saturated rings. The highest BCUT2D eigenvalue weighted by molar-refractivity contribution is 5.75. The molecule has 138 valence electrons. The lowest BCUT2D eigenvalue weighted by Crippen LogP contribution is -3.02. The van der Waals surface area contributed by atoms with E-state index in [4.69, 9.17) is 4.74 Å². The summed E-state index contributed by atoms with van der Waals surface area (Å²) in [6.45, 7) is 0.0865. The van der Waals surface area contributed by atoms with Crippen LogP contribution < -0.4 is 9.80 Å². The average molecular weight is 362 g/mol. The summed E-state index contributed by atoms with van der Waals surface area (Å²) < 4.78 is 6.00. The van der Waals surface area contributed by atoms with Gasteiger partial charge in [0.1, 0.15) is 18.0 Å².